The van der Waals surface area contributed by atoms with Gasteiger partial charge in [-0.25, -0.2) is 8.42 Å². The van der Waals surface area contributed by atoms with Crippen LogP contribution >= 0.6 is 0 Å². The van der Waals surface area contributed by atoms with Crippen LogP contribution in [0.3, 0.4) is 0 Å². The quantitative estimate of drug-likeness (QED) is 0.274. The van der Waals surface area contributed by atoms with Gasteiger partial charge < -0.3 is 15.0 Å². The van der Waals surface area contributed by atoms with Crippen molar-refractivity contribution in [2.75, 3.05) is 28.6 Å². The van der Waals surface area contributed by atoms with Crippen molar-refractivity contribution in [2.45, 2.75) is 31.1 Å². The zero-order valence-electron chi connectivity index (χ0n) is 22.9. The number of carbonyl (C=O) groups is 2. The Morgan fingerprint density at radius 3 is 2.24 bits per heavy atom. The van der Waals surface area contributed by atoms with Crippen LogP contribution in [0.5, 0.6) is 5.75 Å². The van der Waals surface area contributed by atoms with Crippen LogP contribution in [0.4, 0.5) is 17.1 Å². The van der Waals surface area contributed by atoms with Gasteiger partial charge in [0.05, 0.1) is 12.0 Å². The summed E-state index contributed by atoms with van der Waals surface area (Å²) < 4.78 is 33.2. The molecule has 4 aromatic carbocycles. The molecule has 4 aromatic rings. The highest BCUT2D eigenvalue weighted by molar-refractivity contribution is 7.92. The van der Waals surface area contributed by atoms with Crippen LogP contribution in [-0.4, -0.2) is 33.9 Å². The van der Waals surface area contributed by atoms with Crippen molar-refractivity contribution in [3.8, 4) is 5.75 Å². The maximum atomic E-state index is 13.1. The zero-order valence-corrected chi connectivity index (χ0v) is 23.7. The van der Waals surface area contributed by atoms with Crippen LogP contribution in [0, 0.1) is 6.92 Å². The summed E-state index contributed by atoms with van der Waals surface area (Å²) in [6.07, 6.45) is 1.42. The Balaban J connectivity index is 1.18. The molecule has 1 aliphatic heterocycles. The molecule has 0 saturated carbocycles. The Bertz CT molecular complexity index is 1670. The third-order valence-electron chi connectivity index (χ3n) is 7.02. The van der Waals surface area contributed by atoms with Crippen LogP contribution in [-0.2, 0) is 27.7 Å². The van der Waals surface area contributed by atoms with Crippen molar-refractivity contribution >= 4 is 38.9 Å². The number of hydrogen-bond acceptors (Lipinski definition) is 5. The number of ether oxygens (including phenoxy) is 1. The van der Waals surface area contributed by atoms with Crippen molar-refractivity contribution in [1.29, 1.82) is 0 Å². The molecular formula is C32H31N3O5S. The molecular weight excluding hydrogens is 538 g/mol. The smallest absolute Gasteiger partial charge is 0.261 e. The summed E-state index contributed by atoms with van der Waals surface area (Å²) in [6, 6.07) is 26.3. The van der Waals surface area contributed by atoms with Crippen LogP contribution in [0.1, 0.15) is 33.5 Å². The van der Waals surface area contributed by atoms with Crippen LogP contribution in [0.25, 0.3) is 0 Å². The average molecular weight is 570 g/mol. The Morgan fingerprint density at radius 2 is 1.56 bits per heavy atom. The van der Waals surface area contributed by atoms with E-state index in [1.165, 1.54) is 0 Å². The molecule has 0 atom stereocenters. The van der Waals surface area contributed by atoms with E-state index in [2.05, 4.69) is 10.0 Å². The van der Waals surface area contributed by atoms with Gasteiger partial charge in [-0.15, -0.1) is 0 Å². The molecule has 0 bridgehead atoms. The Kier molecular flexibility index (Phi) is 8.07. The lowest BCUT2D eigenvalue weighted by molar-refractivity contribution is -0.116. The summed E-state index contributed by atoms with van der Waals surface area (Å²) in [5.41, 5.74) is 5.41. The van der Waals surface area contributed by atoms with Gasteiger partial charge in [0.1, 0.15) is 5.75 Å². The Morgan fingerprint density at radius 1 is 0.878 bits per heavy atom. The van der Waals surface area contributed by atoms with Gasteiger partial charge in [-0.2, -0.15) is 0 Å². The highest BCUT2D eigenvalue weighted by Gasteiger charge is 2.26. The molecule has 5 rings (SSSR count). The summed E-state index contributed by atoms with van der Waals surface area (Å²) >= 11 is 0. The van der Waals surface area contributed by atoms with E-state index in [9.17, 15) is 18.0 Å². The van der Waals surface area contributed by atoms with E-state index in [-0.39, 0.29) is 23.1 Å². The third kappa shape index (κ3) is 6.58. The molecule has 0 aromatic heterocycles. The van der Waals surface area contributed by atoms with Gasteiger partial charge in [0, 0.05) is 35.6 Å². The highest BCUT2D eigenvalue weighted by atomic mass is 32.2. The van der Waals surface area contributed by atoms with E-state index in [1.807, 2.05) is 37.3 Å². The first kappa shape index (κ1) is 27.9. The van der Waals surface area contributed by atoms with Gasteiger partial charge in [-0.05, 0) is 91.6 Å². The summed E-state index contributed by atoms with van der Waals surface area (Å²) in [7, 11) is -2.13. The zero-order chi connectivity index (χ0) is 29.0. The number of rotatable bonds is 9. The normalized spacial score (nSPS) is 12.5. The molecule has 0 unspecified atom stereocenters. The molecule has 8 nitrogen and oxygen atoms in total. The first-order chi connectivity index (χ1) is 19.7. The van der Waals surface area contributed by atoms with Gasteiger partial charge in [-0.1, -0.05) is 35.9 Å². The summed E-state index contributed by atoms with van der Waals surface area (Å²) in [6.45, 7) is 2.51. The maximum absolute atomic E-state index is 13.1. The molecule has 1 aliphatic rings. The third-order valence-corrected chi connectivity index (χ3v) is 8.42. The highest BCUT2D eigenvalue weighted by Crippen LogP contribution is 2.32. The number of sulfonamides is 1. The molecule has 0 spiro atoms. The maximum Gasteiger partial charge on any atom is 0.261 e. The molecule has 1 heterocycles. The molecule has 9 heteroatoms. The summed E-state index contributed by atoms with van der Waals surface area (Å²) in [4.78, 5) is 27.8. The number of amides is 2. The predicted octanol–water partition coefficient (Wildman–Crippen LogP) is 5.58. The van der Waals surface area contributed by atoms with E-state index >= 15 is 0 Å². The number of fused-ring (bicyclic) bond motifs is 1. The largest absolute Gasteiger partial charge is 0.497 e. The van der Waals surface area contributed by atoms with Gasteiger partial charge >= 0.3 is 0 Å². The van der Waals surface area contributed by atoms with E-state index < -0.39 is 10.0 Å². The van der Waals surface area contributed by atoms with Crippen molar-refractivity contribution in [3.63, 3.8) is 0 Å². The monoisotopic (exact) mass is 569 g/mol. The van der Waals surface area contributed by atoms with Crippen molar-refractivity contribution in [2.24, 2.45) is 0 Å². The minimum atomic E-state index is -3.71. The van der Waals surface area contributed by atoms with Gasteiger partial charge in [0.2, 0.25) is 5.91 Å². The van der Waals surface area contributed by atoms with Crippen LogP contribution < -0.4 is 19.7 Å². The lowest BCUT2D eigenvalue weighted by Crippen LogP contribution is -2.28. The first-order valence-corrected chi connectivity index (χ1v) is 14.8. The lowest BCUT2D eigenvalue weighted by Gasteiger charge is -2.18. The fourth-order valence-corrected chi connectivity index (χ4v) is 5.77. The number of carbonyl (C=O) groups excluding carboxylic acids is 2. The number of nitrogens with zero attached hydrogens (tertiary/aromatic N) is 1. The number of methoxy groups -OCH3 is 1. The molecule has 0 aliphatic carbocycles. The number of aryl methyl sites for hydroxylation is 2. The van der Waals surface area contributed by atoms with Crippen molar-refractivity contribution in [3.05, 3.63) is 113 Å². The summed E-state index contributed by atoms with van der Waals surface area (Å²) in [5.74, 6) is 0.410. The molecule has 2 N–H and O–H groups in total. The minimum absolute atomic E-state index is 0.102. The number of hydrogen-bond donors (Lipinski definition) is 2. The molecule has 0 saturated heterocycles. The molecule has 0 radical (unpaired) electrons. The van der Waals surface area contributed by atoms with Gasteiger partial charge in [0.15, 0.2) is 0 Å². The van der Waals surface area contributed by atoms with Crippen LogP contribution in [0.15, 0.2) is 95.9 Å². The molecule has 2 amide bonds. The van der Waals surface area contributed by atoms with Crippen molar-refractivity contribution in [1.82, 2.24) is 0 Å². The lowest BCUT2D eigenvalue weighted by atomic mass is 10.1. The molecule has 41 heavy (non-hydrogen) atoms. The molecule has 210 valence electrons. The predicted molar refractivity (Wildman–Crippen MR) is 160 cm³/mol. The average Bonchev–Trinajstić information content (AvgIpc) is 3.40. The fourth-order valence-electron chi connectivity index (χ4n) is 4.71. The second-order valence-corrected chi connectivity index (χ2v) is 11.6. The van der Waals surface area contributed by atoms with E-state index in [1.54, 1.807) is 72.7 Å². The van der Waals surface area contributed by atoms with Gasteiger partial charge in [0.25, 0.3) is 15.9 Å². The Labute approximate surface area is 240 Å². The second-order valence-electron chi connectivity index (χ2n) is 9.94. The first-order valence-electron chi connectivity index (χ1n) is 13.3. The minimum Gasteiger partial charge on any atom is -0.497 e. The van der Waals surface area contributed by atoms with E-state index in [0.29, 0.717) is 35.7 Å². The second kappa shape index (κ2) is 11.9. The molecule has 0 fully saturated rings. The van der Waals surface area contributed by atoms with Crippen molar-refractivity contribution < 1.29 is 22.7 Å². The topological polar surface area (TPSA) is 105 Å². The van der Waals surface area contributed by atoms with Crippen LogP contribution in [0.2, 0.25) is 0 Å². The van der Waals surface area contributed by atoms with E-state index in [0.717, 1.165) is 28.8 Å². The van der Waals surface area contributed by atoms with Gasteiger partial charge in [-0.3, -0.25) is 14.3 Å². The number of benzene rings is 4. The standard InChI is InChI=1S/C32H31N3O5S/c1-22-3-11-26(12-4-22)34-41(38,39)29-16-5-23(6-17-29)7-18-31(36)33-27-13-8-24-19-20-35(30(24)21-27)32(37)25-9-14-28(40-2)15-10-25/h3-6,8-17,21,34H,7,18-20H2,1-2H3,(H,33,36). The fraction of sp³-hybridized carbons (Fsp3) is 0.188. The Hall–Kier alpha value is -4.63. The van der Waals surface area contributed by atoms with E-state index in [4.69, 9.17) is 4.74 Å². The number of anilines is 3. The SMILES string of the molecule is COc1ccc(C(=O)N2CCc3ccc(NC(=O)CCc4ccc(S(=O)(=O)Nc5ccc(C)cc5)cc4)cc32)cc1. The summed E-state index contributed by atoms with van der Waals surface area (Å²) in [5, 5.41) is 2.92. The number of nitrogens with one attached hydrogen (secondary N) is 2.